The average Bonchev–Trinajstić information content (AvgIpc) is 3.28. The number of ether oxygens (including phenoxy) is 2. The summed E-state index contributed by atoms with van der Waals surface area (Å²) < 4.78 is 17.2. The second-order valence-electron chi connectivity index (χ2n) is 9.64. The maximum atomic E-state index is 13.1. The molecule has 1 aliphatic carbocycles. The van der Waals surface area contributed by atoms with Gasteiger partial charge in [-0.2, -0.15) is 0 Å². The molecule has 2 amide bonds. The molecule has 1 aromatic heterocycles. The summed E-state index contributed by atoms with van der Waals surface area (Å²) in [5, 5.41) is 3.16. The van der Waals surface area contributed by atoms with Crippen LogP contribution in [0.3, 0.4) is 0 Å². The van der Waals surface area contributed by atoms with E-state index in [2.05, 4.69) is 10.3 Å². The van der Waals surface area contributed by atoms with Crippen LogP contribution in [0.4, 0.5) is 0 Å². The van der Waals surface area contributed by atoms with Crippen LogP contribution in [-0.2, 0) is 20.9 Å². The molecule has 2 aromatic carbocycles. The fourth-order valence-electron chi connectivity index (χ4n) is 4.89. The lowest BCUT2D eigenvalue weighted by Gasteiger charge is -2.30. The smallest absolute Gasteiger partial charge is 0.228 e. The Morgan fingerprint density at radius 1 is 1.16 bits per heavy atom. The van der Waals surface area contributed by atoms with Gasteiger partial charge in [0.15, 0.2) is 0 Å². The maximum Gasteiger partial charge on any atom is 0.228 e. The van der Waals surface area contributed by atoms with Crippen molar-refractivity contribution < 1.29 is 23.5 Å². The van der Waals surface area contributed by atoms with Crippen LogP contribution in [0, 0.1) is 12.8 Å². The summed E-state index contributed by atoms with van der Waals surface area (Å²) in [6.45, 7) is 2.83. The Bertz CT molecular complexity index is 1190. The normalized spacial score (nSPS) is 18.2. The van der Waals surface area contributed by atoms with Gasteiger partial charge in [-0.3, -0.25) is 9.59 Å². The van der Waals surface area contributed by atoms with Gasteiger partial charge in [-0.1, -0.05) is 42.8 Å². The third-order valence-electron chi connectivity index (χ3n) is 6.85. The van der Waals surface area contributed by atoms with Crippen molar-refractivity contribution in [3.63, 3.8) is 0 Å². The van der Waals surface area contributed by atoms with Crippen molar-refractivity contribution in [3.05, 3.63) is 71.6 Å². The average molecular weight is 506 g/mol. The van der Waals surface area contributed by atoms with Crippen molar-refractivity contribution in [3.8, 4) is 17.2 Å². The third-order valence-corrected chi connectivity index (χ3v) is 6.85. The third kappa shape index (κ3) is 7.20. The van der Waals surface area contributed by atoms with Crippen LogP contribution in [0.1, 0.15) is 55.0 Å². The van der Waals surface area contributed by atoms with E-state index in [1.807, 2.05) is 61.5 Å². The molecule has 0 spiro atoms. The van der Waals surface area contributed by atoms with Crippen LogP contribution in [0.15, 0.2) is 59.0 Å². The molecule has 196 valence electrons. The number of carbonyl (C=O) groups is 2. The monoisotopic (exact) mass is 505 g/mol. The fraction of sp³-hybridized carbons (Fsp3) is 0.414. The highest BCUT2D eigenvalue weighted by Gasteiger charge is 2.28. The summed E-state index contributed by atoms with van der Waals surface area (Å²) in [6, 6.07) is 17.0. The van der Waals surface area contributed by atoms with Crippen LogP contribution < -0.4 is 15.8 Å². The van der Waals surface area contributed by atoms with Gasteiger partial charge in [-0.15, -0.1) is 0 Å². The predicted octanol–water partition coefficient (Wildman–Crippen LogP) is 4.51. The van der Waals surface area contributed by atoms with Gasteiger partial charge in [0.1, 0.15) is 17.2 Å². The SMILES string of the molecule is COc1cccc(-c2nc(COCC3CCCC(NC(=O)C(CC(N)=O)c4ccccc4)C3)c(C)o2)c1. The molecule has 8 heteroatoms. The zero-order valence-corrected chi connectivity index (χ0v) is 21.4. The van der Waals surface area contributed by atoms with Crippen LogP contribution in [-0.4, -0.2) is 36.6 Å². The molecule has 37 heavy (non-hydrogen) atoms. The van der Waals surface area contributed by atoms with E-state index < -0.39 is 11.8 Å². The minimum Gasteiger partial charge on any atom is -0.497 e. The van der Waals surface area contributed by atoms with E-state index >= 15 is 0 Å². The van der Waals surface area contributed by atoms with Crippen molar-refractivity contribution in [2.75, 3.05) is 13.7 Å². The van der Waals surface area contributed by atoms with Gasteiger partial charge >= 0.3 is 0 Å². The number of oxazole rings is 1. The van der Waals surface area contributed by atoms with Gasteiger partial charge in [-0.05, 0) is 55.9 Å². The highest BCUT2D eigenvalue weighted by atomic mass is 16.5. The largest absolute Gasteiger partial charge is 0.497 e. The van der Waals surface area contributed by atoms with Gasteiger partial charge in [0, 0.05) is 24.6 Å². The van der Waals surface area contributed by atoms with Crippen molar-refractivity contribution in [1.29, 1.82) is 0 Å². The number of benzene rings is 2. The quantitative estimate of drug-likeness (QED) is 0.396. The Balaban J connectivity index is 1.29. The van der Waals surface area contributed by atoms with E-state index in [9.17, 15) is 9.59 Å². The Kier molecular flexibility index (Phi) is 8.95. The molecule has 1 heterocycles. The standard InChI is InChI=1S/C29H35N3O5/c1-19-26(32-29(37-19)22-11-7-13-24(15-22)35-2)18-36-17-20-8-6-12-23(14-20)31-28(34)25(16-27(30)33)21-9-4-3-5-10-21/h3-5,7,9-11,13,15,20,23,25H,6,8,12,14,16-18H2,1-2H3,(H2,30,33)(H,31,34). The Morgan fingerprint density at radius 2 is 1.97 bits per heavy atom. The first kappa shape index (κ1) is 26.4. The number of aryl methyl sites for hydroxylation is 1. The molecule has 0 radical (unpaired) electrons. The van der Waals surface area contributed by atoms with Crippen molar-refractivity contribution in [2.24, 2.45) is 11.7 Å². The highest BCUT2D eigenvalue weighted by Crippen LogP contribution is 2.28. The molecular formula is C29H35N3O5. The minimum absolute atomic E-state index is 0.0100. The summed E-state index contributed by atoms with van der Waals surface area (Å²) >= 11 is 0. The van der Waals surface area contributed by atoms with Gasteiger partial charge < -0.3 is 24.9 Å². The lowest BCUT2D eigenvalue weighted by Crippen LogP contribution is -2.42. The lowest BCUT2D eigenvalue weighted by atomic mass is 9.85. The fourth-order valence-corrected chi connectivity index (χ4v) is 4.89. The van der Waals surface area contributed by atoms with Crippen LogP contribution >= 0.6 is 0 Å². The zero-order chi connectivity index (χ0) is 26.2. The highest BCUT2D eigenvalue weighted by molar-refractivity contribution is 5.89. The molecule has 4 rings (SSSR count). The van der Waals surface area contributed by atoms with Gasteiger partial charge in [0.05, 0.1) is 19.6 Å². The molecule has 1 fully saturated rings. The molecule has 8 nitrogen and oxygen atoms in total. The Morgan fingerprint density at radius 3 is 2.73 bits per heavy atom. The summed E-state index contributed by atoms with van der Waals surface area (Å²) in [6.07, 6.45) is 3.78. The first-order valence-corrected chi connectivity index (χ1v) is 12.7. The maximum absolute atomic E-state index is 13.1. The summed E-state index contributed by atoms with van der Waals surface area (Å²) in [7, 11) is 1.63. The first-order chi connectivity index (χ1) is 17.9. The molecule has 1 aliphatic rings. The number of rotatable bonds is 11. The summed E-state index contributed by atoms with van der Waals surface area (Å²) in [4.78, 5) is 29.3. The number of methoxy groups -OCH3 is 1. The molecule has 1 saturated carbocycles. The molecule has 3 N–H and O–H groups in total. The first-order valence-electron chi connectivity index (χ1n) is 12.7. The molecule has 0 saturated heterocycles. The number of nitrogens with one attached hydrogen (secondary N) is 1. The van der Waals surface area contributed by atoms with Gasteiger partial charge in [0.25, 0.3) is 0 Å². The van der Waals surface area contributed by atoms with E-state index in [-0.39, 0.29) is 18.4 Å². The number of carbonyl (C=O) groups excluding carboxylic acids is 2. The van der Waals surface area contributed by atoms with Crippen LogP contribution in [0.5, 0.6) is 5.75 Å². The second-order valence-corrected chi connectivity index (χ2v) is 9.64. The van der Waals surface area contributed by atoms with E-state index in [1.165, 1.54) is 0 Å². The minimum atomic E-state index is -0.579. The number of aromatic nitrogens is 1. The van der Waals surface area contributed by atoms with Gasteiger partial charge in [-0.25, -0.2) is 4.98 Å². The number of nitrogens with two attached hydrogens (primary N) is 1. The van der Waals surface area contributed by atoms with E-state index in [1.54, 1.807) is 7.11 Å². The predicted molar refractivity (Wildman–Crippen MR) is 140 cm³/mol. The topological polar surface area (TPSA) is 117 Å². The molecule has 0 aliphatic heterocycles. The molecule has 3 unspecified atom stereocenters. The van der Waals surface area contributed by atoms with Crippen molar-refractivity contribution >= 4 is 11.8 Å². The zero-order valence-electron chi connectivity index (χ0n) is 21.4. The van der Waals surface area contributed by atoms with Crippen LogP contribution in [0.25, 0.3) is 11.5 Å². The summed E-state index contributed by atoms with van der Waals surface area (Å²) in [5.41, 5.74) is 7.85. The van der Waals surface area contributed by atoms with E-state index in [0.717, 1.165) is 54.0 Å². The Hall–Kier alpha value is -3.65. The number of amides is 2. The lowest BCUT2D eigenvalue weighted by molar-refractivity contribution is -0.127. The number of nitrogens with zero attached hydrogens (tertiary/aromatic N) is 1. The van der Waals surface area contributed by atoms with Crippen molar-refractivity contribution in [2.45, 2.75) is 57.6 Å². The van der Waals surface area contributed by atoms with Crippen molar-refractivity contribution in [1.82, 2.24) is 10.3 Å². The number of hydrogen-bond acceptors (Lipinski definition) is 6. The number of primary amides is 1. The second kappa shape index (κ2) is 12.5. The Labute approximate surface area is 217 Å². The van der Waals surface area contributed by atoms with E-state index in [0.29, 0.717) is 25.0 Å². The summed E-state index contributed by atoms with van der Waals surface area (Å²) in [5.74, 6) is 1.12. The molecule has 0 bridgehead atoms. The van der Waals surface area contributed by atoms with Gasteiger partial charge in [0.2, 0.25) is 17.7 Å². The molecule has 3 atom stereocenters. The van der Waals surface area contributed by atoms with E-state index in [4.69, 9.17) is 19.6 Å². The molecule has 3 aromatic rings. The van der Waals surface area contributed by atoms with Crippen LogP contribution in [0.2, 0.25) is 0 Å². The molecular weight excluding hydrogens is 470 g/mol. The number of hydrogen-bond donors (Lipinski definition) is 2.